The zero-order chi connectivity index (χ0) is 21.9. The van der Waals surface area contributed by atoms with Crippen molar-refractivity contribution in [3.05, 3.63) is 24.3 Å². The minimum atomic E-state index is -3.68. The number of carbonyl (C=O) groups excluding carboxylic acids is 1. The molecule has 1 aromatic rings. The molecule has 168 valence electrons. The zero-order valence-corrected chi connectivity index (χ0v) is 19.4. The van der Waals surface area contributed by atoms with Crippen LogP contribution in [0.1, 0.15) is 39.5 Å². The van der Waals surface area contributed by atoms with Gasteiger partial charge in [-0.05, 0) is 45.0 Å². The molecule has 7 nitrogen and oxygen atoms in total. The van der Waals surface area contributed by atoms with Crippen LogP contribution in [0.5, 0.6) is 5.75 Å². The molecular formula is C22H35N3O4S. The second-order valence-corrected chi connectivity index (χ2v) is 10.8. The van der Waals surface area contributed by atoms with Gasteiger partial charge in [0.25, 0.3) is 0 Å². The van der Waals surface area contributed by atoms with Gasteiger partial charge in [0.15, 0.2) is 0 Å². The Bertz CT molecular complexity index is 841. The van der Waals surface area contributed by atoms with Gasteiger partial charge in [-0.2, -0.15) is 4.31 Å². The third kappa shape index (κ3) is 5.15. The standard InChI is InChI=1S/C22H35N3O4S/c1-17(2)9-10-22(26)24-13-11-18-19(12-14-24)29-20-7-5-6-8-21(20)30(27,28)25(18)16-15-23(3)4/h5-8,17-19H,9-16H2,1-4H3/t18-,19-/m1/s1. The van der Waals surface area contributed by atoms with Crippen LogP contribution in [0.4, 0.5) is 0 Å². The van der Waals surface area contributed by atoms with E-state index in [1.54, 1.807) is 28.6 Å². The summed E-state index contributed by atoms with van der Waals surface area (Å²) in [5, 5.41) is 0. The maximum absolute atomic E-state index is 13.5. The van der Waals surface area contributed by atoms with Crippen LogP contribution in [0.2, 0.25) is 0 Å². The van der Waals surface area contributed by atoms with E-state index in [-0.39, 0.29) is 22.9 Å². The van der Waals surface area contributed by atoms with Crippen molar-refractivity contribution < 1.29 is 17.9 Å². The van der Waals surface area contributed by atoms with Gasteiger partial charge in [0.05, 0.1) is 6.04 Å². The number of ether oxygens (including phenoxy) is 1. The molecule has 0 unspecified atom stereocenters. The lowest BCUT2D eigenvalue weighted by molar-refractivity contribution is -0.131. The fraction of sp³-hybridized carbons (Fsp3) is 0.682. The fourth-order valence-corrected chi connectivity index (χ4v) is 5.95. The molecule has 0 aromatic heterocycles. The predicted octanol–water partition coefficient (Wildman–Crippen LogP) is 2.43. The number of nitrogens with zero attached hydrogens (tertiary/aromatic N) is 3. The quantitative estimate of drug-likeness (QED) is 0.684. The van der Waals surface area contributed by atoms with Gasteiger partial charge in [0, 0.05) is 39.0 Å². The van der Waals surface area contributed by atoms with Crippen molar-refractivity contribution in [1.82, 2.24) is 14.1 Å². The molecule has 1 saturated heterocycles. The monoisotopic (exact) mass is 437 g/mol. The van der Waals surface area contributed by atoms with Crippen molar-refractivity contribution >= 4 is 15.9 Å². The molecule has 2 atom stereocenters. The molecule has 0 aliphatic carbocycles. The van der Waals surface area contributed by atoms with Gasteiger partial charge in [-0.25, -0.2) is 8.42 Å². The second-order valence-electron chi connectivity index (χ2n) is 8.98. The van der Waals surface area contributed by atoms with E-state index in [1.165, 1.54) is 0 Å². The SMILES string of the molecule is CC(C)CCC(=O)N1CC[C@@H]2[C@@H](CC1)Oc1ccccc1S(=O)(=O)N2CCN(C)C. The van der Waals surface area contributed by atoms with Gasteiger partial charge >= 0.3 is 0 Å². The van der Waals surface area contributed by atoms with Crippen molar-refractivity contribution in [3.63, 3.8) is 0 Å². The van der Waals surface area contributed by atoms with Crippen LogP contribution in [0.15, 0.2) is 29.2 Å². The van der Waals surface area contributed by atoms with E-state index in [1.807, 2.05) is 23.9 Å². The largest absolute Gasteiger partial charge is 0.487 e. The Morgan fingerprint density at radius 2 is 1.90 bits per heavy atom. The number of fused-ring (bicyclic) bond motifs is 2. The summed E-state index contributed by atoms with van der Waals surface area (Å²) in [7, 11) is 0.196. The third-order valence-corrected chi connectivity index (χ3v) is 7.91. The van der Waals surface area contributed by atoms with Crippen LogP contribution in [0, 0.1) is 5.92 Å². The number of hydrogen-bond acceptors (Lipinski definition) is 5. The van der Waals surface area contributed by atoms with Gasteiger partial charge in [-0.1, -0.05) is 26.0 Å². The van der Waals surface area contributed by atoms with E-state index in [0.29, 0.717) is 57.1 Å². The Balaban J connectivity index is 1.87. The summed E-state index contributed by atoms with van der Waals surface area (Å²) in [6, 6.07) is 6.61. The number of carbonyl (C=O) groups is 1. The average molecular weight is 438 g/mol. The number of para-hydroxylation sites is 1. The van der Waals surface area contributed by atoms with E-state index in [9.17, 15) is 13.2 Å². The number of hydrogen-bond donors (Lipinski definition) is 0. The highest BCUT2D eigenvalue weighted by atomic mass is 32.2. The lowest BCUT2D eigenvalue weighted by atomic mass is 10.1. The van der Waals surface area contributed by atoms with E-state index in [0.717, 1.165) is 6.42 Å². The molecular weight excluding hydrogens is 402 g/mol. The van der Waals surface area contributed by atoms with Crippen molar-refractivity contribution in [3.8, 4) is 5.75 Å². The summed E-state index contributed by atoms with van der Waals surface area (Å²) >= 11 is 0. The van der Waals surface area contributed by atoms with E-state index in [2.05, 4.69) is 13.8 Å². The van der Waals surface area contributed by atoms with Gasteiger partial charge < -0.3 is 14.5 Å². The van der Waals surface area contributed by atoms with Crippen molar-refractivity contribution in [2.24, 2.45) is 5.92 Å². The molecule has 1 fully saturated rings. The maximum atomic E-state index is 13.5. The van der Waals surface area contributed by atoms with Crippen LogP contribution in [-0.4, -0.2) is 80.9 Å². The summed E-state index contributed by atoms with van der Waals surface area (Å²) in [5.41, 5.74) is 0. The van der Waals surface area contributed by atoms with Crippen molar-refractivity contribution in [2.75, 3.05) is 40.3 Å². The summed E-state index contributed by atoms with van der Waals surface area (Å²) < 4.78 is 35.0. The summed E-state index contributed by atoms with van der Waals surface area (Å²) in [6.45, 7) is 6.42. The van der Waals surface area contributed by atoms with E-state index < -0.39 is 10.0 Å². The highest BCUT2D eigenvalue weighted by Gasteiger charge is 2.43. The van der Waals surface area contributed by atoms with E-state index in [4.69, 9.17) is 4.74 Å². The fourth-order valence-electron chi connectivity index (χ4n) is 4.16. The highest BCUT2D eigenvalue weighted by molar-refractivity contribution is 7.89. The van der Waals surface area contributed by atoms with Gasteiger partial charge in [-0.3, -0.25) is 4.79 Å². The third-order valence-electron chi connectivity index (χ3n) is 5.95. The van der Waals surface area contributed by atoms with Crippen molar-refractivity contribution in [2.45, 2.75) is 56.6 Å². The Kier molecular flexibility index (Phi) is 7.42. The average Bonchev–Trinajstić information content (AvgIpc) is 2.93. The highest BCUT2D eigenvalue weighted by Crippen LogP contribution is 2.36. The first-order valence-electron chi connectivity index (χ1n) is 10.9. The van der Waals surface area contributed by atoms with Crippen LogP contribution in [-0.2, 0) is 14.8 Å². The number of sulfonamides is 1. The molecule has 0 N–H and O–H groups in total. The topological polar surface area (TPSA) is 70.2 Å². The molecule has 0 radical (unpaired) electrons. The smallest absolute Gasteiger partial charge is 0.247 e. The molecule has 3 rings (SSSR count). The molecule has 2 aliphatic heterocycles. The van der Waals surface area contributed by atoms with E-state index >= 15 is 0 Å². The van der Waals surface area contributed by atoms with Crippen molar-refractivity contribution in [1.29, 1.82) is 0 Å². The van der Waals surface area contributed by atoms with Gasteiger partial charge in [-0.15, -0.1) is 0 Å². The lowest BCUT2D eigenvalue weighted by Gasteiger charge is -2.32. The van der Waals surface area contributed by atoms with Crippen LogP contribution in [0.25, 0.3) is 0 Å². The molecule has 0 saturated carbocycles. The Hall–Kier alpha value is -1.64. The summed E-state index contributed by atoms with van der Waals surface area (Å²) in [4.78, 5) is 16.8. The Labute approximate surface area is 181 Å². The summed E-state index contributed by atoms with van der Waals surface area (Å²) in [6.07, 6.45) is 2.35. The Morgan fingerprint density at radius 1 is 1.20 bits per heavy atom. The first kappa shape index (κ1) is 23.0. The molecule has 2 heterocycles. The number of likely N-dealkylation sites (N-methyl/N-ethyl adjacent to an activating group) is 1. The normalized spacial score (nSPS) is 24.0. The molecule has 8 heteroatoms. The first-order chi connectivity index (χ1) is 14.2. The molecule has 0 spiro atoms. The van der Waals surface area contributed by atoms with Crippen LogP contribution in [0.3, 0.4) is 0 Å². The number of rotatable bonds is 6. The minimum Gasteiger partial charge on any atom is -0.487 e. The second kappa shape index (κ2) is 9.66. The number of amides is 1. The van der Waals surface area contributed by atoms with Crippen LogP contribution < -0.4 is 4.74 Å². The van der Waals surface area contributed by atoms with Gasteiger partial charge in [0.1, 0.15) is 16.7 Å². The maximum Gasteiger partial charge on any atom is 0.247 e. The zero-order valence-electron chi connectivity index (χ0n) is 18.6. The minimum absolute atomic E-state index is 0.156. The number of likely N-dealkylation sites (tertiary alicyclic amines) is 1. The predicted molar refractivity (Wildman–Crippen MR) is 117 cm³/mol. The molecule has 1 amide bonds. The molecule has 30 heavy (non-hydrogen) atoms. The lowest BCUT2D eigenvalue weighted by Crippen LogP contribution is -2.49. The molecule has 1 aromatic carbocycles. The summed E-state index contributed by atoms with van der Waals surface area (Å²) in [5.74, 6) is 1.06. The number of benzene rings is 1. The van der Waals surface area contributed by atoms with Gasteiger partial charge in [0.2, 0.25) is 15.9 Å². The molecule has 2 aliphatic rings. The molecule has 0 bridgehead atoms. The first-order valence-corrected chi connectivity index (χ1v) is 12.3. The van der Waals surface area contributed by atoms with Crippen LogP contribution >= 0.6 is 0 Å². The Morgan fingerprint density at radius 3 is 2.60 bits per heavy atom.